The van der Waals surface area contributed by atoms with Crippen LogP contribution in [-0.2, 0) is 34.9 Å². The zero-order valence-corrected chi connectivity index (χ0v) is 19.9. The number of fused-ring (bicyclic) bond motifs is 1. The Bertz CT molecular complexity index is 1380. The number of aromatic nitrogens is 4. The highest BCUT2D eigenvalue weighted by atomic mass is 16.5. The van der Waals surface area contributed by atoms with Gasteiger partial charge in [0.05, 0.1) is 37.9 Å². The fraction of sp³-hybridized carbons (Fsp3) is 0.435. The van der Waals surface area contributed by atoms with Crippen LogP contribution in [0.4, 0.5) is 11.4 Å². The summed E-state index contributed by atoms with van der Waals surface area (Å²) < 4.78 is 14.3. The summed E-state index contributed by atoms with van der Waals surface area (Å²) in [6, 6.07) is 5.26. The van der Waals surface area contributed by atoms with Crippen LogP contribution in [0.5, 0.6) is 0 Å². The Kier molecular flexibility index (Phi) is 7.01. The van der Waals surface area contributed by atoms with Crippen molar-refractivity contribution in [2.24, 2.45) is 14.1 Å². The number of carbonyl (C=O) groups is 2. The summed E-state index contributed by atoms with van der Waals surface area (Å²) in [5, 5.41) is 2.79. The molecule has 1 aromatic carbocycles. The molecule has 0 spiro atoms. The van der Waals surface area contributed by atoms with E-state index in [1.807, 2.05) is 6.07 Å². The van der Waals surface area contributed by atoms with E-state index < -0.39 is 17.2 Å². The Morgan fingerprint density at radius 2 is 1.89 bits per heavy atom. The van der Waals surface area contributed by atoms with Crippen LogP contribution in [0.15, 0.2) is 34.1 Å². The number of rotatable bonds is 7. The Balaban J connectivity index is 1.45. The number of benzene rings is 1. The number of aryl methyl sites for hydroxylation is 2. The number of amides is 1. The van der Waals surface area contributed by atoms with Gasteiger partial charge in [0, 0.05) is 45.8 Å². The van der Waals surface area contributed by atoms with Gasteiger partial charge in [0.2, 0.25) is 5.91 Å². The number of hydrogen-bond donors (Lipinski definition) is 1. The molecule has 1 N–H and O–H groups in total. The van der Waals surface area contributed by atoms with Crippen molar-refractivity contribution < 1.29 is 19.1 Å². The monoisotopic (exact) mass is 484 g/mol. The number of imidazole rings is 1. The number of methoxy groups -OCH3 is 1. The summed E-state index contributed by atoms with van der Waals surface area (Å²) in [6.45, 7) is 3.01. The SMILES string of the molecule is COC(=O)c1cc(N2CCOCC2)ccc1NC(=O)CCCn1cnc2c1c(=O)n(C)c(=O)n2C. The normalized spacial score (nSPS) is 13.7. The number of morpholine rings is 1. The maximum atomic E-state index is 12.6. The molecule has 0 saturated carbocycles. The van der Waals surface area contributed by atoms with Gasteiger partial charge in [-0.25, -0.2) is 14.6 Å². The van der Waals surface area contributed by atoms with E-state index in [-0.39, 0.29) is 17.9 Å². The number of hydrogen-bond acceptors (Lipinski definition) is 8. The third kappa shape index (κ3) is 4.83. The minimum absolute atomic E-state index is 0.150. The first kappa shape index (κ1) is 24.2. The lowest BCUT2D eigenvalue weighted by molar-refractivity contribution is -0.116. The predicted molar refractivity (Wildman–Crippen MR) is 129 cm³/mol. The summed E-state index contributed by atoms with van der Waals surface area (Å²) in [5.41, 5.74) is 1.22. The van der Waals surface area contributed by atoms with Crippen LogP contribution in [0.2, 0.25) is 0 Å². The number of esters is 1. The van der Waals surface area contributed by atoms with Crippen molar-refractivity contribution >= 4 is 34.4 Å². The lowest BCUT2D eigenvalue weighted by Gasteiger charge is -2.29. The Hall–Kier alpha value is -3.93. The molecule has 1 aliphatic heterocycles. The zero-order valence-electron chi connectivity index (χ0n) is 19.9. The van der Waals surface area contributed by atoms with Crippen LogP contribution in [0.25, 0.3) is 11.2 Å². The minimum atomic E-state index is -0.540. The quantitative estimate of drug-likeness (QED) is 0.479. The van der Waals surface area contributed by atoms with Gasteiger partial charge in [0.15, 0.2) is 11.2 Å². The Morgan fingerprint density at radius 1 is 1.14 bits per heavy atom. The fourth-order valence-corrected chi connectivity index (χ4v) is 4.13. The van der Waals surface area contributed by atoms with E-state index in [0.29, 0.717) is 56.1 Å². The van der Waals surface area contributed by atoms with Gasteiger partial charge in [-0.2, -0.15) is 0 Å². The summed E-state index contributed by atoms with van der Waals surface area (Å²) in [5.74, 6) is -0.819. The molecule has 0 atom stereocenters. The molecule has 3 aromatic rings. The Labute approximate surface area is 200 Å². The van der Waals surface area contributed by atoms with E-state index in [1.54, 1.807) is 23.7 Å². The first-order valence-corrected chi connectivity index (χ1v) is 11.3. The second-order valence-corrected chi connectivity index (χ2v) is 8.29. The van der Waals surface area contributed by atoms with E-state index in [1.165, 1.54) is 25.1 Å². The number of carbonyl (C=O) groups excluding carboxylic acids is 2. The van der Waals surface area contributed by atoms with Gasteiger partial charge < -0.3 is 24.3 Å². The third-order valence-electron chi connectivity index (χ3n) is 6.08. The first-order chi connectivity index (χ1) is 16.8. The molecule has 0 bridgehead atoms. The van der Waals surface area contributed by atoms with Crippen molar-refractivity contribution in [2.45, 2.75) is 19.4 Å². The first-order valence-electron chi connectivity index (χ1n) is 11.3. The van der Waals surface area contributed by atoms with Crippen LogP contribution in [-0.4, -0.2) is 64.0 Å². The number of nitrogens with zero attached hydrogens (tertiary/aromatic N) is 5. The molecule has 1 amide bonds. The molecule has 2 aromatic heterocycles. The maximum absolute atomic E-state index is 12.6. The minimum Gasteiger partial charge on any atom is -0.465 e. The lowest BCUT2D eigenvalue weighted by Crippen LogP contribution is -2.37. The van der Waals surface area contributed by atoms with Crippen molar-refractivity contribution in [1.82, 2.24) is 18.7 Å². The molecule has 12 nitrogen and oxygen atoms in total. The van der Waals surface area contributed by atoms with E-state index in [4.69, 9.17) is 9.47 Å². The molecule has 4 rings (SSSR count). The molecular weight excluding hydrogens is 456 g/mol. The molecule has 1 saturated heterocycles. The molecule has 186 valence electrons. The van der Waals surface area contributed by atoms with Crippen LogP contribution in [0, 0.1) is 0 Å². The van der Waals surface area contributed by atoms with Crippen molar-refractivity contribution in [3.8, 4) is 0 Å². The van der Waals surface area contributed by atoms with E-state index in [0.717, 1.165) is 10.3 Å². The van der Waals surface area contributed by atoms with E-state index in [9.17, 15) is 19.2 Å². The lowest BCUT2D eigenvalue weighted by atomic mass is 10.1. The van der Waals surface area contributed by atoms with Crippen molar-refractivity contribution in [3.63, 3.8) is 0 Å². The predicted octanol–water partition coefficient (Wildman–Crippen LogP) is 0.476. The largest absolute Gasteiger partial charge is 0.465 e. The van der Waals surface area contributed by atoms with Crippen LogP contribution in [0.1, 0.15) is 23.2 Å². The number of ether oxygens (including phenoxy) is 2. The topological polar surface area (TPSA) is 130 Å². The van der Waals surface area contributed by atoms with Gasteiger partial charge in [-0.3, -0.25) is 18.7 Å². The smallest absolute Gasteiger partial charge is 0.340 e. The average molecular weight is 485 g/mol. The molecule has 12 heteroatoms. The highest BCUT2D eigenvalue weighted by Crippen LogP contribution is 2.25. The molecule has 0 radical (unpaired) electrons. The Morgan fingerprint density at radius 3 is 2.60 bits per heavy atom. The van der Waals surface area contributed by atoms with Gasteiger partial charge in [-0.05, 0) is 24.6 Å². The second kappa shape index (κ2) is 10.1. The summed E-state index contributed by atoms with van der Waals surface area (Å²) >= 11 is 0. The molecule has 3 heterocycles. The van der Waals surface area contributed by atoms with Gasteiger partial charge in [-0.15, -0.1) is 0 Å². The fourth-order valence-electron chi connectivity index (χ4n) is 4.13. The zero-order chi connectivity index (χ0) is 25.1. The molecule has 35 heavy (non-hydrogen) atoms. The molecule has 0 unspecified atom stereocenters. The number of anilines is 2. The highest BCUT2D eigenvalue weighted by molar-refractivity contribution is 6.02. The van der Waals surface area contributed by atoms with Crippen LogP contribution in [0.3, 0.4) is 0 Å². The molecule has 0 aliphatic carbocycles. The van der Waals surface area contributed by atoms with Crippen molar-refractivity contribution in [2.75, 3.05) is 43.6 Å². The summed E-state index contributed by atoms with van der Waals surface area (Å²) in [4.78, 5) is 55.9. The van der Waals surface area contributed by atoms with Gasteiger partial charge in [0.25, 0.3) is 5.56 Å². The maximum Gasteiger partial charge on any atom is 0.340 e. The second-order valence-electron chi connectivity index (χ2n) is 8.29. The van der Waals surface area contributed by atoms with Gasteiger partial charge in [-0.1, -0.05) is 0 Å². The molecular formula is C23H28N6O6. The summed E-state index contributed by atoms with van der Waals surface area (Å²) in [7, 11) is 4.26. The van der Waals surface area contributed by atoms with Gasteiger partial charge >= 0.3 is 11.7 Å². The van der Waals surface area contributed by atoms with Crippen molar-refractivity contribution in [1.29, 1.82) is 0 Å². The van der Waals surface area contributed by atoms with E-state index >= 15 is 0 Å². The average Bonchev–Trinajstić information content (AvgIpc) is 3.30. The standard InChI is InChI=1S/C23H28N6O6/c1-26-20-19(21(31)27(2)23(26)33)29(14-24-20)8-4-5-18(30)25-17-7-6-15(13-16(17)22(32)34-3)28-9-11-35-12-10-28/h6-7,13-14H,4-5,8-12H2,1-3H3,(H,25,30). The summed E-state index contributed by atoms with van der Waals surface area (Å²) in [6.07, 6.45) is 2.06. The van der Waals surface area contributed by atoms with Gasteiger partial charge in [0.1, 0.15) is 0 Å². The highest BCUT2D eigenvalue weighted by Gasteiger charge is 2.19. The van der Waals surface area contributed by atoms with E-state index in [2.05, 4.69) is 15.2 Å². The molecule has 1 aliphatic rings. The van der Waals surface area contributed by atoms with Crippen LogP contribution < -0.4 is 21.5 Å². The number of nitrogens with one attached hydrogen (secondary N) is 1. The third-order valence-corrected chi connectivity index (χ3v) is 6.08. The van der Waals surface area contributed by atoms with Crippen molar-refractivity contribution in [3.05, 3.63) is 50.9 Å². The van der Waals surface area contributed by atoms with Crippen LogP contribution >= 0.6 is 0 Å². The molecule has 1 fully saturated rings.